The summed E-state index contributed by atoms with van der Waals surface area (Å²) in [7, 11) is 0. The quantitative estimate of drug-likeness (QED) is 0.157. The molecule has 0 bridgehead atoms. The molecule has 2 aromatic heterocycles. The van der Waals surface area contributed by atoms with Crippen molar-refractivity contribution in [1.82, 2.24) is 0 Å². The topological polar surface area (TPSA) is 32.8 Å². The largest absolute Gasteiger partial charge is 0.462 e. The molecule has 0 spiro atoms. The number of allylic oxidation sites excluding steroid dienone is 4. The number of furan rings is 2. The van der Waals surface area contributed by atoms with Crippen molar-refractivity contribution >= 4 is 39.6 Å². The zero-order chi connectivity index (χ0) is 33.6. The highest BCUT2D eigenvalue weighted by molar-refractivity contribution is 5.95. The Balaban J connectivity index is 1.49. The Morgan fingerprint density at radius 3 is 2.25 bits per heavy atom. The molecule has 4 aromatic carbocycles. The molecule has 4 nitrogen and oxygen atoms in total. The first kappa shape index (κ1) is 31.1. The van der Waals surface area contributed by atoms with Gasteiger partial charge in [-0.15, -0.1) is 0 Å². The van der Waals surface area contributed by atoms with E-state index in [4.69, 9.17) is 8.83 Å². The summed E-state index contributed by atoms with van der Waals surface area (Å²) < 4.78 is 13.0. The van der Waals surface area contributed by atoms with Gasteiger partial charge in [-0.25, -0.2) is 0 Å². The van der Waals surface area contributed by atoms with E-state index in [9.17, 15) is 0 Å². The van der Waals surface area contributed by atoms with E-state index in [1.165, 1.54) is 16.7 Å². The van der Waals surface area contributed by atoms with Crippen molar-refractivity contribution in [2.45, 2.75) is 52.4 Å². The minimum absolute atomic E-state index is 0.148. The number of fused-ring (bicyclic) bond motifs is 4. The molecule has 0 radical (unpaired) electrons. The fourth-order valence-corrected chi connectivity index (χ4v) is 6.78. The SMILES string of the molecule is C=C/C(=C\C=C/C)N(c1cc(N(c2ccccc2)c2cc3c(o2)-c2ccccc2C3(C)C)cc(C(C)(C)C)c1)c1coc2ccccc12. The molecular weight excluding hydrogens is 588 g/mol. The standard InChI is InChI=1S/C44H42N2O2/c1-8-10-18-31(9-2)45(39-29-47-40-24-17-15-22-36(39)40)33-25-30(43(3,4)5)26-34(27-33)46(32-19-12-11-13-20-32)41-28-38-42(48-41)35-21-14-16-23-37(35)44(38,6)7/h8-29H,2H2,1,3-7H3/b10-8-,31-18+. The monoisotopic (exact) mass is 630 g/mol. The Bertz CT molecular complexity index is 2190. The predicted molar refractivity (Wildman–Crippen MR) is 201 cm³/mol. The molecule has 0 fully saturated rings. The van der Waals surface area contributed by atoms with E-state index >= 15 is 0 Å². The molecule has 1 aliphatic carbocycles. The minimum atomic E-state index is -0.177. The summed E-state index contributed by atoms with van der Waals surface area (Å²) >= 11 is 0. The number of nitrogens with zero attached hydrogens (tertiary/aromatic N) is 2. The first-order valence-corrected chi connectivity index (χ1v) is 16.6. The first-order chi connectivity index (χ1) is 23.1. The van der Waals surface area contributed by atoms with E-state index < -0.39 is 0 Å². The van der Waals surface area contributed by atoms with E-state index in [1.807, 2.05) is 55.7 Å². The van der Waals surface area contributed by atoms with Gasteiger partial charge in [0.1, 0.15) is 17.6 Å². The molecule has 4 heteroatoms. The summed E-state index contributed by atoms with van der Waals surface area (Å²) in [5.41, 5.74) is 10.2. The van der Waals surface area contributed by atoms with Crippen LogP contribution in [0.1, 0.15) is 58.2 Å². The smallest absolute Gasteiger partial charge is 0.205 e. The third kappa shape index (κ3) is 5.28. The summed E-state index contributed by atoms with van der Waals surface area (Å²) in [6.45, 7) is 17.6. The van der Waals surface area contributed by atoms with Gasteiger partial charge in [-0.3, -0.25) is 4.90 Å². The van der Waals surface area contributed by atoms with Gasteiger partial charge in [0.05, 0.1) is 11.4 Å². The molecule has 0 saturated heterocycles. The van der Waals surface area contributed by atoms with Gasteiger partial charge in [0.2, 0.25) is 5.88 Å². The van der Waals surface area contributed by atoms with Crippen molar-refractivity contribution in [2.24, 2.45) is 0 Å². The molecule has 2 heterocycles. The average molecular weight is 631 g/mol. The molecule has 48 heavy (non-hydrogen) atoms. The lowest BCUT2D eigenvalue weighted by atomic mass is 9.83. The maximum absolute atomic E-state index is 6.90. The van der Waals surface area contributed by atoms with E-state index in [0.717, 1.165) is 56.6 Å². The number of hydrogen-bond donors (Lipinski definition) is 0. The Labute approximate surface area is 283 Å². The van der Waals surface area contributed by atoms with Crippen molar-refractivity contribution in [1.29, 1.82) is 0 Å². The van der Waals surface area contributed by atoms with Crippen molar-refractivity contribution in [3.05, 3.63) is 163 Å². The third-order valence-corrected chi connectivity index (χ3v) is 9.39. The van der Waals surface area contributed by atoms with Crippen molar-refractivity contribution in [3.8, 4) is 11.3 Å². The third-order valence-electron chi connectivity index (χ3n) is 9.39. The lowest BCUT2D eigenvalue weighted by Crippen LogP contribution is -2.19. The summed E-state index contributed by atoms with van der Waals surface area (Å²) in [6.07, 6.45) is 9.90. The molecule has 240 valence electrons. The molecule has 6 aromatic rings. The van der Waals surface area contributed by atoms with E-state index in [0.29, 0.717) is 0 Å². The Hall–Kier alpha value is -5.48. The highest BCUT2D eigenvalue weighted by Crippen LogP contribution is 2.53. The Morgan fingerprint density at radius 2 is 1.50 bits per heavy atom. The molecule has 0 atom stereocenters. The molecule has 0 unspecified atom stereocenters. The van der Waals surface area contributed by atoms with Crippen molar-refractivity contribution in [2.75, 3.05) is 9.80 Å². The summed E-state index contributed by atoms with van der Waals surface area (Å²) in [4.78, 5) is 4.48. The number of rotatable bonds is 8. The van der Waals surface area contributed by atoms with Gasteiger partial charge in [0, 0.05) is 45.1 Å². The Kier molecular flexibility index (Phi) is 7.75. The first-order valence-electron chi connectivity index (χ1n) is 16.6. The summed E-state index contributed by atoms with van der Waals surface area (Å²) in [5, 5.41) is 1.02. The van der Waals surface area contributed by atoms with Gasteiger partial charge >= 0.3 is 0 Å². The normalized spacial score (nSPS) is 13.9. The zero-order valence-electron chi connectivity index (χ0n) is 28.6. The Morgan fingerprint density at radius 1 is 0.792 bits per heavy atom. The second-order valence-corrected chi connectivity index (χ2v) is 13.9. The number of hydrogen-bond acceptors (Lipinski definition) is 4. The molecule has 0 aliphatic heterocycles. The van der Waals surface area contributed by atoms with Crippen LogP contribution < -0.4 is 9.80 Å². The summed E-state index contributed by atoms with van der Waals surface area (Å²) in [5.74, 6) is 1.72. The van der Waals surface area contributed by atoms with Crippen LogP contribution in [-0.4, -0.2) is 0 Å². The zero-order valence-corrected chi connectivity index (χ0v) is 28.6. The molecule has 0 N–H and O–H groups in total. The van der Waals surface area contributed by atoms with Gasteiger partial charge < -0.3 is 13.7 Å². The molecule has 7 rings (SSSR count). The van der Waals surface area contributed by atoms with E-state index in [-0.39, 0.29) is 10.8 Å². The maximum atomic E-state index is 6.90. The van der Waals surface area contributed by atoms with Crippen LogP contribution in [0.25, 0.3) is 22.3 Å². The van der Waals surface area contributed by atoms with Gasteiger partial charge in [-0.2, -0.15) is 0 Å². The van der Waals surface area contributed by atoms with Crippen LogP contribution in [-0.2, 0) is 10.8 Å². The second-order valence-electron chi connectivity index (χ2n) is 13.9. The molecular formula is C44H42N2O2. The molecule has 0 saturated carbocycles. The van der Waals surface area contributed by atoms with Gasteiger partial charge in [-0.05, 0) is 78.1 Å². The average Bonchev–Trinajstić information content (AvgIpc) is 3.77. The lowest BCUT2D eigenvalue weighted by molar-refractivity contribution is 0.582. The van der Waals surface area contributed by atoms with Gasteiger partial charge in [0.25, 0.3) is 0 Å². The van der Waals surface area contributed by atoms with Crippen LogP contribution in [0.2, 0.25) is 0 Å². The molecule has 1 aliphatic rings. The van der Waals surface area contributed by atoms with E-state index in [2.05, 4.69) is 136 Å². The highest BCUT2D eigenvalue weighted by atomic mass is 16.4. The lowest BCUT2D eigenvalue weighted by Gasteiger charge is -2.31. The number of benzene rings is 4. The fraction of sp³-hybridized carbons (Fsp3) is 0.182. The number of anilines is 5. The minimum Gasteiger partial charge on any atom is -0.462 e. The summed E-state index contributed by atoms with van der Waals surface area (Å²) in [6, 6.07) is 36.3. The maximum Gasteiger partial charge on any atom is 0.205 e. The number of para-hydroxylation sites is 2. The molecule has 0 amide bonds. The van der Waals surface area contributed by atoms with Crippen molar-refractivity contribution < 1.29 is 8.83 Å². The predicted octanol–water partition coefficient (Wildman–Crippen LogP) is 12.9. The van der Waals surface area contributed by atoms with Crippen LogP contribution in [0.4, 0.5) is 28.6 Å². The van der Waals surface area contributed by atoms with Crippen LogP contribution >= 0.6 is 0 Å². The van der Waals surface area contributed by atoms with Gasteiger partial charge in [-0.1, -0.05) is 108 Å². The van der Waals surface area contributed by atoms with Crippen LogP contribution in [0, 0.1) is 0 Å². The van der Waals surface area contributed by atoms with Crippen molar-refractivity contribution in [3.63, 3.8) is 0 Å². The van der Waals surface area contributed by atoms with Gasteiger partial charge in [0.15, 0.2) is 0 Å². The van der Waals surface area contributed by atoms with E-state index in [1.54, 1.807) is 0 Å². The highest BCUT2D eigenvalue weighted by Gasteiger charge is 2.39. The van der Waals surface area contributed by atoms with Crippen LogP contribution in [0.5, 0.6) is 0 Å². The van der Waals surface area contributed by atoms with Crippen LogP contribution in [0.15, 0.2) is 155 Å². The fourth-order valence-electron chi connectivity index (χ4n) is 6.78. The second kappa shape index (κ2) is 12.0. The van der Waals surface area contributed by atoms with Crippen LogP contribution in [0.3, 0.4) is 0 Å².